The third-order valence-electron chi connectivity index (χ3n) is 7.75. The number of amides is 1. The van der Waals surface area contributed by atoms with Crippen molar-refractivity contribution in [2.45, 2.75) is 19.9 Å². The van der Waals surface area contributed by atoms with Crippen molar-refractivity contribution in [2.75, 3.05) is 67.0 Å². The summed E-state index contributed by atoms with van der Waals surface area (Å²) in [6, 6.07) is 19.9. The summed E-state index contributed by atoms with van der Waals surface area (Å²) < 4.78 is 5.76. The Balaban J connectivity index is 1.65. The summed E-state index contributed by atoms with van der Waals surface area (Å²) in [4.78, 5) is 35.0. The Kier molecular flexibility index (Phi) is 7.43. The van der Waals surface area contributed by atoms with E-state index in [0.717, 1.165) is 41.5 Å². The van der Waals surface area contributed by atoms with Gasteiger partial charge in [-0.15, -0.1) is 0 Å². The Morgan fingerprint density at radius 1 is 0.950 bits per heavy atom. The van der Waals surface area contributed by atoms with E-state index in [2.05, 4.69) is 18.7 Å². The maximum absolute atomic E-state index is 13.6. The number of hydrogen-bond acceptors (Lipinski definition) is 7. The van der Waals surface area contributed by atoms with E-state index < -0.39 is 17.7 Å². The third kappa shape index (κ3) is 4.74. The summed E-state index contributed by atoms with van der Waals surface area (Å²) in [6.07, 6.45) is 0. The monoisotopic (exact) mass is 540 g/mol. The van der Waals surface area contributed by atoms with Gasteiger partial charge in [-0.1, -0.05) is 12.1 Å². The molecule has 5 rings (SSSR count). The molecule has 3 aromatic rings. The fourth-order valence-electron chi connectivity index (χ4n) is 5.44. The Morgan fingerprint density at radius 3 is 2.23 bits per heavy atom. The maximum Gasteiger partial charge on any atom is 0.300 e. The van der Waals surface area contributed by atoms with Crippen LogP contribution in [-0.4, -0.2) is 64.2 Å². The highest BCUT2D eigenvalue weighted by atomic mass is 16.5. The lowest BCUT2D eigenvalue weighted by Crippen LogP contribution is -2.29. The molecule has 0 aromatic heterocycles. The zero-order valence-electron chi connectivity index (χ0n) is 23.7. The number of nitrogens with zero attached hydrogens (tertiary/aromatic N) is 4. The largest absolute Gasteiger partial charge is 0.507 e. The van der Waals surface area contributed by atoms with Crippen LogP contribution in [0.15, 0.2) is 72.3 Å². The number of anilines is 4. The van der Waals surface area contributed by atoms with Crippen molar-refractivity contribution in [1.29, 1.82) is 0 Å². The maximum atomic E-state index is 13.6. The van der Waals surface area contributed by atoms with Crippen LogP contribution >= 0.6 is 0 Å². The average Bonchev–Trinajstić information content (AvgIpc) is 3.23. The van der Waals surface area contributed by atoms with E-state index in [-0.39, 0.29) is 11.3 Å². The zero-order valence-corrected chi connectivity index (χ0v) is 23.7. The summed E-state index contributed by atoms with van der Waals surface area (Å²) in [5.41, 5.74) is 4.71. The third-order valence-corrected chi connectivity index (χ3v) is 7.75. The summed E-state index contributed by atoms with van der Waals surface area (Å²) in [5, 5.41) is 11.6. The number of hydrogen-bond donors (Lipinski definition) is 1. The molecule has 40 heavy (non-hydrogen) atoms. The van der Waals surface area contributed by atoms with E-state index in [1.54, 1.807) is 12.1 Å². The second-order valence-corrected chi connectivity index (χ2v) is 10.3. The SMILES string of the molecule is CCN(CC)c1ccc(C2/C(=C(/O)c3ccc4c(c3)N(C)CCO4)C(=O)C(=O)N2c2ccc(N(C)C)cc2)cc1. The number of carbonyl (C=O) groups is 2. The smallest absolute Gasteiger partial charge is 0.300 e. The number of rotatable bonds is 7. The van der Waals surface area contributed by atoms with E-state index in [1.165, 1.54) is 4.90 Å². The van der Waals surface area contributed by atoms with Crippen molar-refractivity contribution >= 4 is 40.2 Å². The number of benzene rings is 3. The first-order valence-corrected chi connectivity index (χ1v) is 13.7. The van der Waals surface area contributed by atoms with Crippen molar-refractivity contribution in [2.24, 2.45) is 0 Å². The number of aliphatic hydroxyl groups excluding tert-OH is 1. The molecule has 2 aliphatic heterocycles. The lowest BCUT2D eigenvalue weighted by molar-refractivity contribution is -0.132. The van der Waals surface area contributed by atoms with E-state index >= 15 is 0 Å². The van der Waals surface area contributed by atoms with Crippen LogP contribution in [0.1, 0.15) is 31.0 Å². The van der Waals surface area contributed by atoms with Crippen LogP contribution < -0.4 is 24.3 Å². The summed E-state index contributed by atoms with van der Waals surface area (Å²) in [7, 11) is 5.85. The molecule has 2 heterocycles. The molecule has 0 saturated carbocycles. The number of carbonyl (C=O) groups excluding carboxylic acids is 2. The molecule has 8 nitrogen and oxygen atoms in total. The van der Waals surface area contributed by atoms with Gasteiger partial charge >= 0.3 is 0 Å². The minimum absolute atomic E-state index is 0.0663. The second kappa shape index (κ2) is 11.0. The predicted molar refractivity (Wildman–Crippen MR) is 161 cm³/mol. The Hall–Kier alpha value is -4.46. The highest BCUT2D eigenvalue weighted by Crippen LogP contribution is 2.44. The van der Waals surface area contributed by atoms with Crippen molar-refractivity contribution < 1.29 is 19.4 Å². The molecular weight excluding hydrogens is 504 g/mol. The average molecular weight is 541 g/mol. The van der Waals surface area contributed by atoms with Crippen LogP contribution in [0.25, 0.3) is 5.76 Å². The Bertz CT molecular complexity index is 1440. The van der Waals surface area contributed by atoms with Crippen molar-refractivity contribution in [1.82, 2.24) is 0 Å². The van der Waals surface area contributed by atoms with E-state index in [1.807, 2.05) is 85.5 Å². The van der Waals surface area contributed by atoms with E-state index in [4.69, 9.17) is 4.74 Å². The van der Waals surface area contributed by atoms with Gasteiger partial charge in [-0.2, -0.15) is 0 Å². The summed E-state index contributed by atoms with van der Waals surface area (Å²) in [6.45, 7) is 7.22. The first kappa shape index (κ1) is 27.1. The number of likely N-dealkylation sites (N-methyl/N-ethyl adjacent to an activating group) is 1. The lowest BCUT2D eigenvalue weighted by Gasteiger charge is -2.28. The fraction of sp³-hybridized carbons (Fsp3) is 0.312. The highest BCUT2D eigenvalue weighted by Gasteiger charge is 2.47. The lowest BCUT2D eigenvalue weighted by atomic mass is 9.94. The van der Waals surface area contributed by atoms with Crippen LogP contribution in [-0.2, 0) is 9.59 Å². The summed E-state index contributed by atoms with van der Waals surface area (Å²) in [5.74, 6) is -0.870. The summed E-state index contributed by atoms with van der Waals surface area (Å²) >= 11 is 0. The van der Waals surface area contributed by atoms with Gasteiger partial charge in [0.1, 0.15) is 18.1 Å². The predicted octanol–water partition coefficient (Wildman–Crippen LogP) is 5.05. The topological polar surface area (TPSA) is 76.6 Å². The van der Waals surface area contributed by atoms with Gasteiger partial charge in [0.05, 0.1) is 23.8 Å². The van der Waals surface area contributed by atoms with Gasteiger partial charge in [0.25, 0.3) is 11.7 Å². The van der Waals surface area contributed by atoms with Gasteiger partial charge in [-0.25, -0.2) is 0 Å². The molecule has 8 heteroatoms. The number of Topliss-reactive ketones (excluding diaryl/α,β-unsaturated/α-hetero) is 1. The number of aliphatic hydroxyl groups is 1. The highest BCUT2D eigenvalue weighted by molar-refractivity contribution is 6.51. The number of ether oxygens (including phenoxy) is 1. The van der Waals surface area contributed by atoms with Crippen molar-refractivity contribution in [3.05, 3.63) is 83.4 Å². The number of fused-ring (bicyclic) bond motifs is 1. The van der Waals surface area contributed by atoms with Gasteiger partial charge < -0.3 is 24.5 Å². The Labute approximate surface area is 235 Å². The minimum atomic E-state index is -0.791. The van der Waals surface area contributed by atoms with Gasteiger partial charge in [0, 0.05) is 56.9 Å². The first-order chi connectivity index (χ1) is 19.2. The molecule has 1 unspecified atom stereocenters. The molecule has 1 N–H and O–H groups in total. The Morgan fingerprint density at radius 2 is 1.60 bits per heavy atom. The molecule has 0 radical (unpaired) electrons. The molecular formula is C32H36N4O4. The van der Waals surface area contributed by atoms with E-state index in [9.17, 15) is 14.7 Å². The van der Waals surface area contributed by atoms with Crippen molar-refractivity contribution in [3.8, 4) is 5.75 Å². The van der Waals surface area contributed by atoms with E-state index in [0.29, 0.717) is 24.4 Å². The van der Waals surface area contributed by atoms with Crippen LogP contribution in [0.3, 0.4) is 0 Å². The minimum Gasteiger partial charge on any atom is -0.507 e. The standard InChI is InChI=1S/C32H36N4O4/c1-6-35(7-2)24-11-8-21(9-12-24)29-28(30(37)22-10-17-27-26(20-22)34(5)18-19-40-27)31(38)32(39)36(29)25-15-13-23(14-16-25)33(3)4/h8-17,20,29,37H,6-7,18-19H2,1-5H3/b30-28-. The molecule has 0 aliphatic carbocycles. The van der Waals surface area contributed by atoms with Crippen molar-refractivity contribution in [3.63, 3.8) is 0 Å². The molecule has 1 fully saturated rings. The molecule has 0 bridgehead atoms. The molecule has 0 spiro atoms. The van der Waals surface area contributed by atoms with Crippen LogP contribution in [0.2, 0.25) is 0 Å². The van der Waals surface area contributed by atoms with Crippen LogP contribution in [0, 0.1) is 0 Å². The molecule has 3 aromatic carbocycles. The molecule has 1 amide bonds. The molecule has 2 aliphatic rings. The van der Waals surface area contributed by atoms with Gasteiger partial charge in [0.15, 0.2) is 0 Å². The van der Waals surface area contributed by atoms with Gasteiger partial charge in [-0.3, -0.25) is 14.5 Å². The first-order valence-electron chi connectivity index (χ1n) is 13.7. The molecule has 208 valence electrons. The normalized spacial score (nSPS) is 18.0. The zero-order chi connectivity index (χ0) is 28.6. The molecule has 1 atom stereocenters. The molecule has 1 saturated heterocycles. The quantitative estimate of drug-likeness (QED) is 0.255. The van der Waals surface area contributed by atoms with Gasteiger partial charge in [-0.05, 0) is 74.0 Å². The van der Waals surface area contributed by atoms with Crippen LogP contribution in [0.5, 0.6) is 5.75 Å². The fourth-order valence-corrected chi connectivity index (χ4v) is 5.44. The van der Waals surface area contributed by atoms with Crippen LogP contribution in [0.4, 0.5) is 22.7 Å². The van der Waals surface area contributed by atoms with Gasteiger partial charge in [0.2, 0.25) is 0 Å². The second-order valence-electron chi connectivity index (χ2n) is 10.3. The number of ketones is 1.